The SMILES string of the molecule is COc1ccc(S(=O)(=O)N2CCCC(C(=O)N=c3sc4ccc(OC)cc4n3CCSC)C2)cc1. The maximum absolute atomic E-state index is 13.2. The van der Waals surface area contributed by atoms with Gasteiger partial charge in [-0.3, -0.25) is 4.79 Å². The first-order chi connectivity index (χ1) is 16.9. The fourth-order valence-corrected chi connectivity index (χ4v) is 7.04. The number of amides is 1. The Balaban J connectivity index is 1.61. The molecule has 0 spiro atoms. The number of hydrogen-bond donors (Lipinski definition) is 0. The van der Waals surface area contributed by atoms with Gasteiger partial charge in [0.15, 0.2) is 4.80 Å². The number of piperidine rings is 1. The summed E-state index contributed by atoms with van der Waals surface area (Å²) < 4.78 is 41.4. The summed E-state index contributed by atoms with van der Waals surface area (Å²) in [5, 5.41) is 0. The number of thiazole rings is 1. The number of ether oxygens (including phenoxy) is 2. The summed E-state index contributed by atoms with van der Waals surface area (Å²) >= 11 is 3.18. The maximum Gasteiger partial charge on any atom is 0.252 e. The second-order valence-electron chi connectivity index (χ2n) is 8.19. The van der Waals surface area contributed by atoms with Gasteiger partial charge in [0.1, 0.15) is 11.5 Å². The number of rotatable bonds is 8. The third-order valence-corrected chi connectivity index (χ3v) is 9.57. The second-order valence-corrected chi connectivity index (χ2v) is 12.1. The summed E-state index contributed by atoms with van der Waals surface area (Å²) in [7, 11) is -0.548. The van der Waals surface area contributed by atoms with E-state index in [-0.39, 0.29) is 17.3 Å². The van der Waals surface area contributed by atoms with Crippen LogP contribution in [-0.4, -0.2) is 62.5 Å². The monoisotopic (exact) mass is 535 g/mol. The van der Waals surface area contributed by atoms with E-state index in [0.29, 0.717) is 36.5 Å². The number of sulfonamides is 1. The van der Waals surface area contributed by atoms with Crippen LogP contribution in [0.25, 0.3) is 10.2 Å². The lowest BCUT2D eigenvalue weighted by Crippen LogP contribution is -2.42. The van der Waals surface area contributed by atoms with Gasteiger partial charge in [0, 0.05) is 31.5 Å². The van der Waals surface area contributed by atoms with Gasteiger partial charge in [-0.2, -0.15) is 21.1 Å². The molecule has 1 atom stereocenters. The molecule has 1 amide bonds. The summed E-state index contributed by atoms with van der Waals surface area (Å²) in [5.74, 6) is 1.45. The quantitative estimate of drug-likeness (QED) is 0.438. The minimum Gasteiger partial charge on any atom is -0.497 e. The third-order valence-electron chi connectivity index (χ3n) is 6.04. The number of nitrogens with zero attached hydrogens (tertiary/aromatic N) is 3. The van der Waals surface area contributed by atoms with Gasteiger partial charge in [-0.05, 0) is 55.5 Å². The number of aryl methyl sites for hydroxylation is 1. The second kappa shape index (κ2) is 11.2. The summed E-state index contributed by atoms with van der Waals surface area (Å²) in [6.07, 6.45) is 3.26. The number of methoxy groups -OCH3 is 2. The molecule has 2 aromatic carbocycles. The Kier molecular flexibility index (Phi) is 8.20. The van der Waals surface area contributed by atoms with Crippen LogP contribution in [0.4, 0.5) is 0 Å². The largest absolute Gasteiger partial charge is 0.497 e. The lowest BCUT2D eigenvalue weighted by atomic mass is 9.99. The highest BCUT2D eigenvalue weighted by Gasteiger charge is 2.33. The fourth-order valence-electron chi connectivity index (χ4n) is 4.10. The average molecular weight is 536 g/mol. The number of benzene rings is 2. The fraction of sp³-hybridized carbons (Fsp3) is 0.417. The van der Waals surface area contributed by atoms with Crippen LogP contribution in [0.1, 0.15) is 12.8 Å². The highest BCUT2D eigenvalue weighted by atomic mass is 32.2. The highest BCUT2D eigenvalue weighted by Crippen LogP contribution is 2.27. The summed E-state index contributed by atoms with van der Waals surface area (Å²) in [6.45, 7) is 1.22. The van der Waals surface area contributed by atoms with Gasteiger partial charge in [0.05, 0.1) is 35.2 Å². The summed E-state index contributed by atoms with van der Waals surface area (Å²) in [4.78, 5) is 18.6. The molecule has 188 valence electrons. The standard InChI is InChI=1S/C24H29N3O5S3/c1-31-18-6-9-20(10-7-18)35(29,30)26-12-4-5-17(16-26)23(28)25-24-27(13-14-33-3)21-15-19(32-2)8-11-22(21)34-24/h6-11,15,17H,4-5,12-14,16H2,1-3H3. The molecule has 0 aliphatic carbocycles. The van der Waals surface area contributed by atoms with Crippen molar-refractivity contribution in [2.45, 2.75) is 24.3 Å². The van der Waals surface area contributed by atoms with Gasteiger partial charge < -0.3 is 14.0 Å². The summed E-state index contributed by atoms with van der Waals surface area (Å²) in [5.41, 5.74) is 0.974. The van der Waals surface area contributed by atoms with E-state index in [0.717, 1.165) is 21.7 Å². The normalized spacial score (nSPS) is 17.6. The molecule has 4 rings (SSSR count). The number of aromatic nitrogens is 1. The minimum absolute atomic E-state index is 0.125. The zero-order valence-electron chi connectivity index (χ0n) is 20.0. The van der Waals surface area contributed by atoms with E-state index in [1.54, 1.807) is 31.0 Å². The minimum atomic E-state index is -3.71. The van der Waals surface area contributed by atoms with E-state index >= 15 is 0 Å². The number of fused-ring (bicyclic) bond motifs is 1. The van der Waals surface area contributed by atoms with Gasteiger partial charge in [-0.15, -0.1) is 0 Å². The Morgan fingerprint density at radius 3 is 2.54 bits per heavy atom. The van der Waals surface area contributed by atoms with E-state index in [4.69, 9.17) is 9.47 Å². The topological polar surface area (TPSA) is 90.2 Å². The molecule has 35 heavy (non-hydrogen) atoms. The molecule has 1 fully saturated rings. The molecule has 0 bridgehead atoms. The van der Waals surface area contributed by atoms with Crippen LogP contribution < -0.4 is 14.3 Å². The van der Waals surface area contributed by atoms with Gasteiger partial charge in [0.2, 0.25) is 10.0 Å². The van der Waals surface area contributed by atoms with Crippen LogP contribution in [0.15, 0.2) is 52.4 Å². The number of carbonyl (C=O) groups excluding carboxylic acids is 1. The predicted octanol–water partition coefficient (Wildman–Crippen LogP) is 3.61. The van der Waals surface area contributed by atoms with E-state index in [1.807, 2.05) is 29.0 Å². The van der Waals surface area contributed by atoms with Crippen LogP contribution in [0, 0.1) is 5.92 Å². The molecule has 1 saturated heterocycles. The van der Waals surface area contributed by atoms with Crippen molar-refractivity contribution in [1.82, 2.24) is 8.87 Å². The Hall–Kier alpha value is -2.34. The van der Waals surface area contributed by atoms with Crippen molar-refractivity contribution < 1.29 is 22.7 Å². The van der Waals surface area contributed by atoms with Crippen LogP contribution >= 0.6 is 23.1 Å². The third kappa shape index (κ3) is 5.58. The Bertz CT molecular complexity index is 1360. The van der Waals surface area contributed by atoms with Crippen LogP contribution in [0.2, 0.25) is 0 Å². The van der Waals surface area contributed by atoms with Crippen LogP contribution in [0.3, 0.4) is 0 Å². The van der Waals surface area contributed by atoms with Crippen molar-refractivity contribution in [1.29, 1.82) is 0 Å². The number of carbonyl (C=O) groups is 1. The van der Waals surface area contributed by atoms with Crippen molar-refractivity contribution in [2.24, 2.45) is 10.9 Å². The lowest BCUT2D eigenvalue weighted by Gasteiger charge is -2.30. The van der Waals surface area contributed by atoms with E-state index < -0.39 is 15.9 Å². The van der Waals surface area contributed by atoms with Crippen molar-refractivity contribution in [2.75, 3.05) is 39.3 Å². The first kappa shape index (κ1) is 25.7. The summed E-state index contributed by atoms with van der Waals surface area (Å²) in [6, 6.07) is 12.1. The van der Waals surface area contributed by atoms with E-state index in [1.165, 1.54) is 34.9 Å². The van der Waals surface area contributed by atoms with Gasteiger partial charge in [-0.25, -0.2) is 8.42 Å². The van der Waals surface area contributed by atoms with Crippen LogP contribution in [0.5, 0.6) is 11.5 Å². The molecule has 2 heterocycles. The van der Waals surface area contributed by atoms with E-state index in [9.17, 15) is 13.2 Å². The van der Waals surface area contributed by atoms with Gasteiger partial charge >= 0.3 is 0 Å². The molecule has 1 aliphatic heterocycles. The van der Waals surface area contributed by atoms with Crippen molar-refractivity contribution >= 4 is 49.2 Å². The molecule has 0 saturated carbocycles. The maximum atomic E-state index is 13.2. The predicted molar refractivity (Wildman–Crippen MR) is 140 cm³/mol. The van der Waals surface area contributed by atoms with Gasteiger partial charge in [-0.1, -0.05) is 11.3 Å². The Morgan fingerprint density at radius 1 is 1.14 bits per heavy atom. The molecule has 0 N–H and O–H groups in total. The first-order valence-electron chi connectivity index (χ1n) is 11.3. The van der Waals surface area contributed by atoms with Crippen LogP contribution in [-0.2, 0) is 21.4 Å². The van der Waals surface area contributed by atoms with Gasteiger partial charge in [0.25, 0.3) is 5.91 Å². The molecule has 3 aromatic rings. The average Bonchev–Trinajstić information content (AvgIpc) is 3.23. The molecule has 11 heteroatoms. The molecular weight excluding hydrogens is 506 g/mol. The molecule has 1 unspecified atom stereocenters. The molecule has 0 radical (unpaired) electrons. The molecular formula is C24H29N3O5S3. The van der Waals surface area contributed by atoms with Crippen molar-refractivity contribution in [3.05, 3.63) is 47.3 Å². The highest BCUT2D eigenvalue weighted by molar-refractivity contribution is 7.98. The smallest absolute Gasteiger partial charge is 0.252 e. The zero-order valence-corrected chi connectivity index (χ0v) is 22.4. The molecule has 8 nitrogen and oxygen atoms in total. The zero-order chi connectivity index (χ0) is 25.0. The Morgan fingerprint density at radius 2 is 1.86 bits per heavy atom. The van der Waals surface area contributed by atoms with E-state index in [2.05, 4.69) is 4.99 Å². The first-order valence-corrected chi connectivity index (χ1v) is 14.9. The Labute approximate surface area is 213 Å². The van der Waals surface area contributed by atoms with Crippen molar-refractivity contribution in [3.8, 4) is 11.5 Å². The molecule has 1 aromatic heterocycles. The molecule has 1 aliphatic rings. The lowest BCUT2D eigenvalue weighted by molar-refractivity contribution is -0.122. The van der Waals surface area contributed by atoms with Crippen molar-refractivity contribution in [3.63, 3.8) is 0 Å². The number of hydrogen-bond acceptors (Lipinski definition) is 7. The number of thioether (sulfide) groups is 1.